The first-order valence-corrected chi connectivity index (χ1v) is 10.6. The van der Waals surface area contributed by atoms with Gasteiger partial charge in [-0.05, 0) is 39.3 Å². The van der Waals surface area contributed by atoms with Crippen LogP contribution >= 0.6 is 11.3 Å². The van der Waals surface area contributed by atoms with Gasteiger partial charge in [-0.3, -0.25) is 4.90 Å². The molecule has 2 fully saturated rings. The number of thiazole rings is 1. The Bertz CT molecular complexity index is 745. The summed E-state index contributed by atoms with van der Waals surface area (Å²) < 4.78 is 67.4. The third-order valence-electron chi connectivity index (χ3n) is 5.19. The van der Waals surface area contributed by atoms with Crippen molar-refractivity contribution in [3.63, 3.8) is 0 Å². The van der Waals surface area contributed by atoms with Crippen molar-refractivity contribution in [3.8, 4) is 0 Å². The minimum atomic E-state index is -5.24. The molecule has 3 heterocycles. The zero-order valence-corrected chi connectivity index (χ0v) is 16.3. The number of halogens is 3. The van der Waals surface area contributed by atoms with E-state index in [2.05, 4.69) is 4.98 Å². The molecular weight excluding hydrogens is 391 g/mol. The fourth-order valence-corrected chi connectivity index (χ4v) is 5.36. The third kappa shape index (κ3) is 3.77. The van der Waals surface area contributed by atoms with Crippen LogP contribution < -0.4 is 0 Å². The quantitative estimate of drug-likeness (QED) is 0.741. The van der Waals surface area contributed by atoms with Gasteiger partial charge in [0, 0.05) is 24.0 Å². The molecule has 0 aliphatic carbocycles. The van der Waals surface area contributed by atoms with E-state index in [4.69, 9.17) is 4.74 Å². The summed E-state index contributed by atoms with van der Waals surface area (Å²) in [7, 11) is -3.40. The zero-order valence-electron chi connectivity index (χ0n) is 14.6. The number of piperidine rings is 1. The summed E-state index contributed by atoms with van der Waals surface area (Å²) in [5.41, 5.74) is -4.89. The van der Waals surface area contributed by atoms with Gasteiger partial charge in [-0.1, -0.05) is 0 Å². The number of likely N-dealkylation sites (N-methyl/N-ethyl adjacent to an activating group) is 1. The van der Waals surface area contributed by atoms with Crippen LogP contribution in [0.1, 0.15) is 23.5 Å². The summed E-state index contributed by atoms with van der Waals surface area (Å²) in [4.78, 5) is 6.31. The summed E-state index contributed by atoms with van der Waals surface area (Å²) in [6.07, 6.45) is 1.50. The van der Waals surface area contributed by atoms with Crippen molar-refractivity contribution in [2.75, 3.05) is 33.3 Å². The number of ether oxygens (including phenoxy) is 1. The molecule has 2 aliphatic heterocycles. The Labute approximate surface area is 155 Å². The predicted octanol–water partition coefficient (Wildman–Crippen LogP) is 2.21. The van der Waals surface area contributed by atoms with Crippen LogP contribution in [0.4, 0.5) is 13.2 Å². The van der Waals surface area contributed by atoms with E-state index >= 15 is 0 Å². The first-order valence-electron chi connectivity index (χ1n) is 8.30. The molecule has 3 rings (SSSR count). The highest BCUT2D eigenvalue weighted by Gasteiger charge is 2.60. The average molecular weight is 413 g/mol. The molecule has 26 heavy (non-hydrogen) atoms. The van der Waals surface area contributed by atoms with E-state index < -0.39 is 21.1 Å². The van der Waals surface area contributed by atoms with Crippen molar-refractivity contribution in [2.45, 2.75) is 37.4 Å². The number of nitrogens with zero attached hydrogens (tertiary/aromatic N) is 3. The Morgan fingerprint density at radius 3 is 2.69 bits per heavy atom. The second-order valence-electron chi connectivity index (χ2n) is 7.10. The molecule has 1 atom stereocenters. The van der Waals surface area contributed by atoms with Gasteiger partial charge in [0.2, 0.25) is 0 Å². The summed E-state index contributed by atoms with van der Waals surface area (Å²) >= 11 is 1.56. The molecule has 0 bridgehead atoms. The lowest BCUT2D eigenvalue weighted by molar-refractivity contribution is -0.0804. The van der Waals surface area contributed by atoms with Gasteiger partial charge >= 0.3 is 15.5 Å². The summed E-state index contributed by atoms with van der Waals surface area (Å²) in [6.45, 7) is 3.31. The maximum atomic E-state index is 12.7. The van der Waals surface area contributed by atoms with Gasteiger partial charge in [0.25, 0.3) is 0 Å². The highest BCUT2D eigenvalue weighted by atomic mass is 32.2. The monoisotopic (exact) mass is 413 g/mol. The van der Waals surface area contributed by atoms with Crippen LogP contribution in [-0.2, 0) is 21.4 Å². The topological polar surface area (TPSA) is 62.7 Å². The van der Waals surface area contributed by atoms with Gasteiger partial charge in [-0.15, -0.1) is 11.3 Å². The first-order chi connectivity index (χ1) is 12.0. The summed E-state index contributed by atoms with van der Waals surface area (Å²) in [6, 6.07) is 0. The fourth-order valence-electron chi connectivity index (χ4n) is 3.65. The minimum absolute atomic E-state index is 0.118. The number of sulfonamides is 1. The molecule has 2 saturated heterocycles. The second kappa shape index (κ2) is 7.01. The third-order valence-corrected chi connectivity index (χ3v) is 7.54. The molecule has 1 spiro atoms. The Morgan fingerprint density at radius 1 is 1.42 bits per heavy atom. The molecule has 148 valence electrons. The number of hydrogen-bond acceptors (Lipinski definition) is 6. The molecule has 0 radical (unpaired) electrons. The van der Waals surface area contributed by atoms with Crippen molar-refractivity contribution in [1.82, 2.24) is 14.2 Å². The molecule has 0 saturated carbocycles. The zero-order chi connectivity index (χ0) is 19.2. The molecule has 1 aromatic rings. The van der Waals surface area contributed by atoms with E-state index in [-0.39, 0.29) is 19.0 Å². The highest BCUT2D eigenvalue weighted by molar-refractivity contribution is 7.90. The molecule has 2 aliphatic rings. The van der Waals surface area contributed by atoms with Crippen LogP contribution in [0, 0.1) is 12.8 Å². The van der Waals surface area contributed by atoms with Crippen LogP contribution in [0.2, 0.25) is 0 Å². The van der Waals surface area contributed by atoms with Crippen molar-refractivity contribution in [1.29, 1.82) is 0 Å². The van der Waals surface area contributed by atoms with E-state index in [0.717, 1.165) is 17.1 Å². The number of rotatable bonds is 5. The standard InChI is InChI=1S/C15H22F3N3O3S2/c1-11-19-13(8-25-11)7-24-6-12-3-4-20(2)14(5-12)9-21(10-14)26(22,23)15(16,17)18/h8,12H,3-7,9-10H2,1-2H3/t12-/m1/s1. The largest absolute Gasteiger partial charge is 0.511 e. The van der Waals surface area contributed by atoms with E-state index in [1.54, 1.807) is 11.3 Å². The smallest absolute Gasteiger partial charge is 0.375 e. The van der Waals surface area contributed by atoms with Crippen molar-refractivity contribution in [3.05, 3.63) is 16.1 Å². The van der Waals surface area contributed by atoms with Gasteiger partial charge < -0.3 is 4.74 Å². The van der Waals surface area contributed by atoms with Gasteiger partial charge in [0.05, 0.1) is 23.9 Å². The van der Waals surface area contributed by atoms with Gasteiger partial charge in [-0.25, -0.2) is 13.4 Å². The molecule has 0 amide bonds. The lowest BCUT2D eigenvalue weighted by atomic mass is 9.77. The number of aryl methyl sites for hydroxylation is 1. The average Bonchev–Trinajstić information content (AvgIpc) is 2.91. The van der Waals surface area contributed by atoms with Crippen LogP contribution in [0.5, 0.6) is 0 Å². The van der Waals surface area contributed by atoms with Crippen LogP contribution in [0.25, 0.3) is 0 Å². The van der Waals surface area contributed by atoms with Crippen molar-refractivity contribution in [2.24, 2.45) is 5.92 Å². The Kier molecular flexibility index (Phi) is 5.39. The summed E-state index contributed by atoms with van der Waals surface area (Å²) in [5, 5.41) is 2.92. The van der Waals surface area contributed by atoms with Gasteiger partial charge in [-0.2, -0.15) is 17.5 Å². The van der Waals surface area contributed by atoms with Crippen LogP contribution in [0.3, 0.4) is 0 Å². The second-order valence-corrected chi connectivity index (χ2v) is 10.1. The van der Waals surface area contributed by atoms with E-state index in [9.17, 15) is 21.6 Å². The molecule has 6 nitrogen and oxygen atoms in total. The molecule has 0 unspecified atom stereocenters. The molecule has 11 heteroatoms. The minimum Gasteiger partial charge on any atom is -0.375 e. The lowest BCUT2D eigenvalue weighted by Gasteiger charge is -2.57. The SMILES string of the molecule is Cc1nc(COC[C@@H]2CCN(C)C3(C2)CN(S(=O)(=O)C(F)(F)F)C3)cs1. The van der Waals surface area contributed by atoms with Crippen LogP contribution in [0.15, 0.2) is 5.38 Å². The number of likely N-dealkylation sites (tertiary alicyclic amines) is 1. The molecule has 1 aromatic heterocycles. The van der Waals surface area contributed by atoms with E-state index in [0.29, 0.717) is 30.5 Å². The maximum absolute atomic E-state index is 12.7. The maximum Gasteiger partial charge on any atom is 0.511 e. The first kappa shape index (κ1) is 20.0. The van der Waals surface area contributed by atoms with Crippen LogP contribution in [-0.4, -0.2) is 66.9 Å². The number of hydrogen-bond donors (Lipinski definition) is 0. The lowest BCUT2D eigenvalue weighted by Crippen LogP contribution is -2.73. The fraction of sp³-hybridized carbons (Fsp3) is 0.800. The van der Waals surface area contributed by atoms with Gasteiger partial charge in [0.15, 0.2) is 0 Å². The van der Waals surface area contributed by atoms with Crippen molar-refractivity contribution < 1.29 is 26.3 Å². The predicted molar refractivity (Wildman–Crippen MR) is 91.1 cm³/mol. The summed E-state index contributed by atoms with van der Waals surface area (Å²) in [5.74, 6) is 0.196. The van der Waals surface area contributed by atoms with Gasteiger partial charge in [0.1, 0.15) is 0 Å². The molecular formula is C15H22F3N3O3S2. The normalized spacial score (nSPS) is 24.7. The Morgan fingerprint density at radius 2 is 2.12 bits per heavy atom. The Hall–Kier alpha value is -0.750. The van der Waals surface area contributed by atoms with E-state index in [1.807, 2.05) is 24.3 Å². The van der Waals surface area contributed by atoms with Crippen molar-refractivity contribution >= 4 is 21.4 Å². The van der Waals surface area contributed by atoms with E-state index in [1.165, 1.54) is 0 Å². The number of alkyl halides is 3. The highest BCUT2D eigenvalue weighted by Crippen LogP contribution is 2.42. The Balaban J connectivity index is 1.54. The molecule has 0 aromatic carbocycles. The number of aromatic nitrogens is 1. The molecule has 0 N–H and O–H groups in total.